The molecule has 5 nitrogen and oxygen atoms in total. The fourth-order valence-corrected chi connectivity index (χ4v) is 4.01. The van der Waals surface area contributed by atoms with Crippen LogP contribution in [0.1, 0.15) is 41.9 Å². The summed E-state index contributed by atoms with van der Waals surface area (Å²) in [6, 6.07) is 23.8. The number of fused-ring (bicyclic) bond motifs is 1. The maximum Gasteiger partial charge on any atom is 0.244 e. The SMILES string of the molecule is Cc1cccc(OCCCn2c(C(C)NC(=O)/C=C\c3ccccc3)nc3ccccc32)c1C. The Balaban J connectivity index is 1.44. The molecule has 5 heteroatoms. The van der Waals surface area contributed by atoms with E-state index in [0.717, 1.165) is 41.1 Å². The van der Waals surface area contributed by atoms with Crippen LogP contribution >= 0.6 is 0 Å². The van der Waals surface area contributed by atoms with E-state index in [9.17, 15) is 4.79 Å². The minimum atomic E-state index is -0.236. The Bertz CT molecular complexity index is 1290. The van der Waals surface area contributed by atoms with Crippen LogP contribution in [0.15, 0.2) is 78.9 Å². The Morgan fingerprint density at radius 3 is 2.62 bits per heavy atom. The van der Waals surface area contributed by atoms with Crippen molar-refractivity contribution in [3.63, 3.8) is 0 Å². The van der Waals surface area contributed by atoms with E-state index < -0.39 is 0 Å². The highest BCUT2D eigenvalue weighted by Crippen LogP contribution is 2.23. The summed E-state index contributed by atoms with van der Waals surface area (Å²) in [7, 11) is 0. The number of ether oxygens (including phenoxy) is 1. The smallest absolute Gasteiger partial charge is 0.244 e. The van der Waals surface area contributed by atoms with Crippen LogP contribution in [0, 0.1) is 13.8 Å². The van der Waals surface area contributed by atoms with E-state index in [4.69, 9.17) is 9.72 Å². The minimum absolute atomic E-state index is 0.145. The van der Waals surface area contributed by atoms with Gasteiger partial charge in [-0.25, -0.2) is 4.98 Å². The van der Waals surface area contributed by atoms with E-state index in [0.29, 0.717) is 6.61 Å². The van der Waals surface area contributed by atoms with Gasteiger partial charge >= 0.3 is 0 Å². The highest BCUT2D eigenvalue weighted by atomic mass is 16.5. The molecule has 174 valence electrons. The molecule has 1 atom stereocenters. The van der Waals surface area contributed by atoms with Crippen molar-refractivity contribution in [2.45, 2.75) is 39.8 Å². The van der Waals surface area contributed by atoms with Crippen LogP contribution in [0.25, 0.3) is 17.1 Å². The fourth-order valence-electron chi connectivity index (χ4n) is 4.01. The molecule has 0 saturated heterocycles. The summed E-state index contributed by atoms with van der Waals surface area (Å²) >= 11 is 0. The maximum absolute atomic E-state index is 12.5. The molecular weight excluding hydrogens is 422 g/mol. The second-order valence-electron chi connectivity index (χ2n) is 8.48. The van der Waals surface area contributed by atoms with E-state index in [1.165, 1.54) is 11.1 Å². The van der Waals surface area contributed by atoms with Gasteiger partial charge in [0.15, 0.2) is 0 Å². The fraction of sp³-hybridized carbons (Fsp3) is 0.241. The number of hydrogen-bond acceptors (Lipinski definition) is 3. The number of nitrogens with zero attached hydrogens (tertiary/aromatic N) is 2. The number of benzene rings is 3. The molecule has 1 N–H and O–H groups in total. The molecule has 3 aromatic carbocycles. The van der Waals surface area contributed by atoms with Crippen molar-refractivity contribution >= 4 is 23.0 Å². The number of rotatable bonds is 9. The third-order valence-corrected chi connectivity index (χ3v) is 6.00. The summed E-state index contributed by atoms with van der Waals surface area (Å²) < 4.78 is 8.24. The lowest BCUT2D eigenvalue weighted by Crippen LogP contribution is -2.27. The van der Waals surface area contributed by atoms with Gasteiger partial charge in [0.05, 0.1) is 23.7 Å². The zero-order valence-corrected chi connectivity index (χ0v) is 20.0. The van der Waals surface area contributed by atoms with Crippen molar-refractivity contribution < 1.29 is 9.53 Å². The summed E-state index contributed by atoms with van der Waals surface area (Å²) in [5.74, 6) is 1.63. The lowest BCUT2D eigenvalue weighted by molar-refractivity contribution is -0.117. The lowest BCUT2D eigenvalue weighted by atomic mass is 10.1. The predicted molar refractivity (Wildman–Crippen MR) is 138 cm³/mol. The number of para-hydroxylation sites is 2. The highest BCUT2D eigenvalue weighted by Gasteiger charge is 2.17. The molecule has 1 unspecified atom stereocenters. The van der Waals surface area contributed by atoms with Crippen molar-refractivity contribution in [2.24, 2.45) is 0 Å². The standard InChI is InChI=1S/C29H31N3O2/c1-21-11-9-16-27(22(21)2)34-20-10-19-32-26-15-8-7-14-25(26)31-29(32)23(3)30-28(33)18-17-24-12-5-4-6-13-24/h4-9,11-18,23H,10,19-20H2,1-3H3,(H,30,33)/b18-17-. The highest BCUT2D eigenvalue weighted by molar-refractivity contribution is 5.92. The van der Waals surface area contributed by atoms with Crippen molar-refractivity contribution in [1.82, 2.24) is 14.9 Å². The quantitative estimate of drug-likeness (QED) is 0.249. The number of nitrogens with one attached hydrogen (secondary N) is 1. The zero-order chi connectivity index (χ0) is 23.9. The second kappa shape index (κ2) is 10.8. The monoisotopic (exact) mass is 453 g/mol. The van der Waals surface area contributed by atoms with Gasteiger partial charge < -0.3 is 14.6 Å². The number of aryl methyl sites for hydroxylation is 2. The summed E-state index contributed by atoms with van der Waals surface area (Å²) in [6.45, 7) is 7.51. The van der Waals surface area contributed by atoms with Crippen LogP contribution in [0.4, 0.5) is 0 Å². The van der Waals surface area contributed by atoms with Gasteiger partial charge in [-0.1, -0.05) is 54.6 Å². The number of carbonyl (C=O) groups excluding carboxylic acids is 1. The molecule has 0 fully saturated rings. The van der Waals surface area contributed by atoms with Crippen molar-refractivity contribution in [3.05, 3.63) is 101 Å². The number of amides is 1. The molecule has 34 heavy (non-hydrogen) atoms. The Hall–Kier alpha value is -3.86. The molecule has 0 aliphatic carbocycles. The molecule has 4 rings (SSSR count). The van der Waals surface area contributed by atoms with Crippen molar-refractivity contribution in [1.29, 1.82) is 0 Å². The average Bonchev–Trinajstić information content (AvgIpc) is 3.22. The summed E-state index contributed by atoms with van der Waals surface area (Å²) in [6.07, 6.45) is 4.21. The molecule has 0 radical (unpaired) electrons. The Morgan fingerprint density at radius 2 is 1.79 bits per heavy atom. The first-order chi connectivity index (χ1) is 16.5. The van der Waals surface area contributed by atoms with Crippen LogP contribution in [-0.4, -0.2) is 22.1 Å². The molecule has 0 aliphatic rings. The Kier molecular flexibility index (Phi) is 7.43. The molecule has 1 aromatic heterocycles. The number of aromatic nitrogens is 2. The molecule has 0 aliphatic heterocycles. The molecule has 1 amide bonds. The van der Waals surface area contributed by atoms with E-state index >= 15 is 0 Å². The first-order valence-corrected chi connectivity index (χ1v) is 11.7. The van der Waals surface area contributed by atoms with Gasteiger partial charge in [-0.2, -0.15) is 0 Å². The number of imidazole rings is 1. The topological polar surface area (TPSA) is 56.1 Å². The van der Waals surface area contributed by atoms with E-state index in [2.05, 4.69) is 35.9 Å². The van der Waals surface area contributed by atoms with E-state index in [1.54, 1.807) is 6.08 Å². The van der Waals surface area contributed by atoms with Crippen molar-refractivity contribution in [3.8, 4) is 5.75 Å². The minimum Gasteiger partial charge on any atom is -0.493 e. The first kappa shape index (κ1) is 23.3. The van der Waals surface area contributed by atoms with Gasteiger partial charge in [-0.3, -0.25) is 4.79 Å². The van der Waals surface area contributed by atoms with Gasteiger partial charge in [0.25, 0.3) is 0 Å². The Labute approximate surface area is 201 Å². The van der Waals surface area contributed by atoms with Gasteiger partial charge in [0.2, 0.25) is 5.91 Å². The van der Waals surface area contributed by atoms with Crippen LogP contribution in [-0.2, 0) is 11.3 Å². The number of hydrogen-bond donors (Lipinski definition) is 1. The van der Waals surface area contributed by atoms with Gasteiger partial charge in [-0.05, 0) is 68.2 Å². The maximum atomic E-state index is 12.5. The van der Waals surface area contributed by atoms with E-state index in [1.807, 2.05) is 73.7 Å². The largest absolute Gasteiger partial charge is 0.493 e. The van der Waals surface area contributed by atoms with Gasteiger partial charge in [-0.15, -0.1) is 0 Å². The first-order valence-electron chi connectivity index (χ1n) is 11.7. The van der Waals surface area contributed by atoms with Crippen LogP contribution in [0.2, 0.25) is 0 Å². The van der Waals surface area contributed by atoms with Crippen LogP contribution in [0.3, 0.4) is 0 Å². The third kappa shape index (κ3) is 5.54. The summed E-state index contributed by atoms with van der Waals surface area (Å²) in [5, 5.41) is 3.06. The third-order valence-electron chi connectivity index (χ3n) is 6.00. The lowest BCUT2D eigenvalue weighted by Gasteiger charge is -2.16. The van der Waals surface area contributed by atoms with E-state index in [-0.39, 0.29) is 11.9 Å². The molecule has 4 aromatic rings. The molecular formula is C29H31N3O2. The molecule has 0 saturated carbocycles. The van der Waals surface area contributed by atoms with Gasteiger partial charge in [0.1, 0.15) is 11.6 Å². The average molecular weight is 454 g/mol. The summed E-state index contributed by atoms with van der Waals surface area (Å²) in [5.41, 5.74) is 5.38. The molecule has 0 bridgehead atoms. The summed E-state index contributed by atoms with van der Waals surface area (Å²) in [4.78, 5) is 17.4. The Morgan fingerprint density at radius 1 is 1.03 bits per heavy atom. The van der Waals surface area contributed by atoms with Gasteiger partial charge in [0, 0.05) is 12.6 Å². The molecule has 1 heterocycles. The normalized spacial score (nSPS) is 12.2. The second-order valence-corrected chi connectivity index (χ2v) is 8.48. The van der Waals surface area contributed by atoms with Crippen molar-refractivity contribution in [2.75, 3.05) is 6.61 Å². The number of carbonyl (C=O) groups is 1. The zero-order valence-electron chi connectivity index (χ0n) is 20.0. The van der Waals surface area contributed by atoms with Crippen LogP contribution in [0.5, 0.6) is 5.75 Å². The molecule has 0 spiro atoms. The van der Waals surface area contributed by atoms with Crippen LogP contribution < -0.4 is 10.1 Å². The predicted octanol–water partition coefficient (Wildman–Crippen LogP) is 6.01.